The number of carbonyl (C=O) groups excluding carboxylic acids is 1. The van der Waals surface area contributed by atoms with E-state index >= 15 is 0 Å². The molecule has 0 aliphatic carbocycles. The van der Waals surface area contributed by atoms with Gasteiger partial charge in [0.05, 0.1) is 6.61 Å². The molecule has 28 heavy (non-hydrogen) atoms. The number of fused-ring (bicyclic) bond motifs is 1. The summed E-state index contributed by atoms with van der Waals surface area (Å²) in [6.45, 7) is 2.71. The predicted octanol–water partition coefficient (Wildman–Crippen LogP) is 4.93. The molecule has 0 saturated heterocycles. The zero-order valence-electron chi connectivity index (χ0n) is 15.4. The summed E-state index contributed by atoms with van der Waals surface area (Å²) in [5.41, 5.74) is 3.28. The van der Waals surface area contributed by atoms with Crippen molar-refractivity contribution < 1.29 is 13.9 Å². The van der Waals surface area contributed by atoms with Gasteiger partial charge in [-0.25, -0.2) is 4.98 Å². The average Bonchev–Trinajstić information content (AvgIpc) is 3.17. The summed E-state index contributed by atoms with van der Waals surface area (Å²) < 4.78 is 11.2. The Morgan fingerprint density at radius 2 is 1.86 bits per heavy atom. The molecule has 0 radical (unpaired) electrons. The van der Waals surface area contributed by atoms with Crippen LogP contribution in [0.3, 0.4) is 0 Å². The summed E-state index contributed by atoms with van der Waals surface area (Å²) in [7, 11) is 0. The molecule has 0 fully saturated rings. The lowest BCUT2D eigenvalue weighted by atomic mass is 10.1. The van der Waals surface area contributed by atoms with Crippen molar-refractivity contribution in [3.05, 3.63) is 72.4 Å². The number of carbonyl (C=O) groups is 1. The number of nitrogens with one attached hydrogen (secondary N) is 1. The number of ether oxygens (including phenoxy) is 1. The largest absolute Gasteiger partial charge is 0.494 e. The first-order valence-corrected chi connectivity index (χ1v) is 9.09. The summed E-state index contributed by atoms with van der Waals surface area (Å²) in [6.07, 6.45) is 2.62. The molecule has 0 aliphatic rings. The Balaban J connectivity index is 1.44. The molecule has 0 atom stereocenters. The van der Waals surface area contributed by atoms with E-state index in [0.29, 0.717) is 35.0 Å². The molecule has 140 valence electrons. The molecule has 0 bridgehead atoms. The zero-order valence-corrected chi connectivity index (χ0v) is 15.4. The highest BCUT2D eigenvalue weighted by atomic mass is 16.5. The maximum atomic E-state index is 12.4. The van der Waals surface area contributed by atoms with Gasteiger partial charge in [-0.1, -0.05) is 6.92 Å². The second kappa shape index (κ2) is 7.92. The minimum absolute atomic E-state index is 0.180. The fraction of sp³-hybridized carbons (Fsp3) is 0.136. The maximum Gasteiger partial charge on any atom is 0.255 e. The topological polar surface area (TPSA) is 77.2 Å². The van der Waals surface area contributed by atoms with Crippen molar-refractivity contribution in [1.29, 1.82) is 0 Å². The van der Waals surface area contributed by atoms with Gasteiger partial charge in [0.2, 0.25) is 5.89 Å². The molecule has 1 amide bonds. The van der Waals surface area contributed by atoms with Crippen LogP contribution in [-0.4, -0.2) is 22.5 Å². The van der Waals surface area contributed by atoms with Gasteiger partial charge in [-0.05, 0) is 67.1 Å². The Kier molecular flexibility index (Phi) is 5.01. The van der Waals surface area contributed by atoms with Gasteiger partial charge in [0.1, 0.15) is 5.75 Å². The summed E-state index contributed by atoms with van der Waals surface area (Å²) in [6, 6.07) is 18.1. The quantitative estimate of drug-likeness (QED) is 0.518. The lowest BCUT2D eigenvalue weighted by Crippen LogP contribution is -2.11. The van der Waals surface area contributed by atoms with E-state index in [1.807, 2.05) is 37.3 Å². The van der Waals surface area contributed by atoms with E-state index in [4.69, 9.17) is 9.15 Å². The number of amides is 1. The van der Waals surface area contributed by atoms with E-state index in [9.17, 15) is 4.79 Å². The van der Waals surface area contributed by atoms with Gasteiger partial charge in [0.15, 0.2) is 11.2 Å². The van der Waals surface area contributed by atoms with Gasteiger partial charge in [-0.15, -0.1) is 0 Å². The van der Waals surface area contributed by atoms with Crippen molar-refractivity contribution >= 4 is 22.8 Å². The monoisotopic (exact) mass is 373 g/mol. The van der Waals surface area contributed by atoms with Crippen LogP contribution < -0.4 is 10.1 Å². The molecule has 2 aromatic carbocycles. The van der Waals surface area contributed by atoms with Gasteiger partial charge in [-0.2, -0.15) is 4.98 Å². The maximum absolute atomic E-state index is 12.4. The molecule has 4 aromatic rings. The number of anilines is 1. The fourth-order valence-corrected chi connectivity index (χ4v) is 2.71. The smallest absolute Gasteiger partial charge is 0.255 e. The van der Waals surface area contributed by atoms with Crippen molar-refractivity contribution in [2.75, 3.05) is 11.9 Å². The first-order chi connectivity index (χ1) is 13.7. The number of rotatable bonds is 6. The van der Waals surface area contributed by atoms with Crippen LogP contribution in [0.2, 0.25) is 0 Å². The molecule has 0 unspecified atom stereocenters. The minimum Gasteiger partial charge on any atom is -0.494 e. The third kappa shape index (κ3) is 3.86. The molecule has 2 heterocycles. The third-order valence-electron chi connectivity index (χ3n) is 4.14. The van der Waals surface area contributed by atoms with E-state index in [1.165, 1.54) is 0 Å². The predicted molar refractivity (Wildman–Crippen MR) is 107 cm³/mol. The lowest BCUT2D eigenvalue weighted by molar-refractivity contribution is 0.102. The molecule has 4 rings (SSSR count). The van der Waals surface area contributed by atoms with Crippen LogP contribution in [0.4, 0.5) is 5.69 Å². The fourth-order valence-electron chi connectivity index (χ4n) is 2.71. The Morgan fingerprint density at radius 3 is 2.57 bits per heavy atom. The number of oxazole rings is 1. The molecule has 0 spiro atoms. The van der Waals surface area contributed by atoms with Crippen LogP contribution in [0.5, 0.6) is 5.75 Å². The molecular weight excluding hydrogens is 354 g/mol. The SMILES string of the molecule is CCCOc1ccc(C(=O)Nc2ccc(-c3nc4ncccc4o3)cc2)cc1. The van der Waals surface area contributed by atoms with Gasteiger partial charge >= 0.3 is 0 Å². The van der Waals surface area contributed by atoms with Crippen LogP contribution >= 0.6 is 0 Å². The van der Waals surface area contributed by atoms with E-state index in [0.717, 1.165) is 17.7 Å². The van der Waals surface area contributed by atoms with E-state index in [-0.39, 0.29) is 5.91 Å². The standard InChI is InChI=1S/C22H19N3O3/c1-2-14-27-18-11-7-15(8-12-18)21(26)24-17-9-5-16(6-10-17)22-25-20-19(28-22)4-3-13-23-20/h3-13H,2,14H2,1H3,(H,24,26). The van der Waals surface area contributed by atoms with E-state index in [1.54, 1.807) is 36.5 Å². The van der Waals surface area contributed by atoms with Crippen molar-refractivity contribution in [3.63, 3.8) is 0 Å². The summed E-state index contributed by atoms with van der Waals surface area (Å²) >= 11 is 0. The van der Waals surface area contributed by atoms with Crippen LogP contribution in [0.25, 0.3) is 22.7 Å². The van der Waals surface area contributed by atoms with Gasteiger partial charge < -0.3 is 14.5 Å². The molecule has 6 heteroatoms. The number of hydrogen-bond acceptors (Lipinski definition) is 5. The van der Waals surface area contributed by atoms with Crippen LogP contribution in [0.1, 0.15) is 23.7 Å². The Hall–Kier alpha value is -3.67. The Bertz CT molecular complexity index is 1050. The Labute approximate surface area is 162 Å². The second-order valence-electron chi connectivity index (χ2n) is 6.25. The van der Waals surface area contributed by atoms with Crippen molar-refractivity contribution in [2.45, 2.75) is 13.3 Å². The third-order valence-corrected chi connectivity index (χ3v) is 4.14. The molecule has 0 saturated carbocycles. The summed E-state index contributed by atoms with van der Waals surface area (Å²) in [5.74, 6) is 1.07. The normalized spacial score (nSPS) is 10.8. The van der Waals surface area contributed by atoms with Crippen LogP contribution in [0, 0.1) is 0 Å². The van der Waals surface area contributed by atoms with Crippen molar-refractivity contribution in [1.82, 2.24) is 9.97 Å². The summed E-state index contributed by atoms with van der Waals surface area (Å²) in [5, 5.41) is 2.88. The second-order valence-corrected chi connectivity index (χ2v) is 6.25. The van der Waals surface area contributed by atoms with Crippen LogP contribution in [0.15, 0.2) is 71.3 Å². The van der Waals surface area contributed by atoms with Gasteiger partial charge in [0, 0.05) is 23.0 Å². The number of hydrogen-bond donors (Lipinski definition) is 1. The van der Waals surface area contributed by atoms with Crippen molar-refractivity contribution in [2.24, 2.45) is 0 Å². The first kappa shape index (κ1) is 17.7. The number of aromatic nitrogens is 2. The number of benzene rings is 2. The molecule has 1 N–H and O–H groups in total. The Morgan fingerprint density at radius 1 is 1.07 bits per heavy atom. The minimum atomic E-state index is -0.180. The molecular formula is C22H19N3O3. The molecule has 0 aliphatic heterocycles. The lowest BCUT2D eigenvalue weighted by Gasteiger charge is -2.07. The van der Waals surface area contributed by atoms with E-state index < -0.39 is 0 Å². The zero-order chi connectivity index (χ0) is 19.3. The summed E-state index contributed by atoms with van der Waals surface area (Å²) in [4.78, 5) is 21.0. The number of nitrogens with zero attached hydrogens (tertiary/aromatic N) is 2. The average molecular weight is 373 g/mol. The number of pyridine rings is 1. The molecule has 6 nitrogen and oxygen atoms in total. The highest BCUT2D eigenvalue weighted by Gasteiger charge is 2.10. The highest BCUT2D eigenvalue weighted by molar-refractivity contribution is 6.04. The van der Waals surface area contributed by atoms with Gasteiger partial charge in [0.25, 0.3) is 5.91 Å². The first-order valence-electron chi connectivity index (χ1n) is 9.09. The molecule has 2 aromatic heterocycles. The van der Waals surface area contributed by atoms with E-state index in [2.05, 4.69) is 15.3 Å². The van der Waals surface area contributed by atoms with Gasteiger partial charge in [-0.3, -0.25) is 4.79 Å². The van der Waals surface area contributed by atoms with Crippen molar-refractivity contribution in [3.8, 4) is 17.2 Å². The van der Waals surface area contributed by atoms with Crippen LogP contribution in [-0.2, 0) is 0 Å². The highest BCUT2D eigenvalue weighted by Crippen LogP contribution is 2.24.